The number of halogens is 1. The highest BCUT2D eigenvalue weighted by molar-refractivity contribution is 6.32. The highest BCUT2D eigenvalue weighted by Gasteiger charge is 2.27. The molecule has 22 heavy (non-hydrogen) atoms. The van der Waals surface area contributed by atoms with Gasteiger partial charge in [0, 0.05) is 17.1 Å². The van der Waals surface area contributed by atoms with E-state index in [1.807, 2.05) is 32.0 Å². The number of nitrogens with one attached hydrogen (secondary N) is 1. The quantitative estimate of drug-likeness (QED) is 0.813. The number of hydrogen-bond donors (Lipinski definition) is 1. The molecule has 0 fully saturated rings. The van der Waals surface area contributed by atoms with Crippen molar-refractivity contribution in [1.29, 1.82) is 0 Å². The number of carbonyl (C=O) groups is 1. The molecule has 1 aromatic rings. The fourth-order valence-corrected chi connectivity index (χ4v) is 2.74. The number of methoxy groups -OCH3 is 1. The van der Waals surface area contributed by atoms with Crippen LogP contribution in [0.2, 0.25) is 10.1 Å². The second-order valence-electron chi connectivity index (χ2n) is 6.62. The van der Waals surface area contributed by atoms with Gasteiger partial charge in [0.05, 0.1) is 12.7 Å². The van der Waals surface area contributed by atoms with E-state index in [0.717, 1.165) is 11.1 Å². The number of benzene rings is 1. The van der Waals surface area contributed by atoms with E-state index >= 15 is 0 Å². The van der Waals surface area contributed by atoms with E-state index < -0.39 is 11.7 Å². The number of rotatable bonds is 5. The molecular weight excluding hydrogens is 318 g/mol. The average Bonchev–Trinajstić information content (AvgIpc) is 2.43. The van der Waals surface area contributed by atoms with Crippen molar-refractivity contribution < 1.29 is 14.0 Å². The SMILES string of the molecule is COC(=O)NCc1ccc(Cl)c(C(C)(C)O[Si]C(C)(C)C)c1. The first kappa shape index (κ1) is 19.0. The molecule has 1 amide bonds. The highest BCUT2D eigenvalue weighted by atomic mass is 35.5. The number of ether oxygens (including phenoxy) is 1. The second kappa shape index (κ2) is 7.48. The van der Waals surface area contributed by atoms with Crippen molar-refractivity contribution in [1.82, 2.24) is 5.32 Å². The fourth-order valence-electron chi connectivity index (χ4n) is 1.73. The van der Waals surface area contributed by atoms with Gasteiger partial charge in [0.15, 0.2) is 0 Å². The van der Waals surface area contributed by atoms with E-state index in [-0.39, 0.29) is 5.04 Å². The van der Waals surface area contributed by atoms with Gasteiger partial charge in [-0.05, 0) is 36.6 Å². The topological polar surface area (TPSA) is 47.6 Å². The Kier molecular flexibility index (Phi) is 6.46. The summed E-state index contributed by atoms with van der Waals surface area (Å²) in [5, 5.41) is 3.42. The monoisotopic (exact) mass is 341 g/mol. The van der Waals surface area contributed by atoms with E-state index in [0.29, 0.717) is 21.3 Å². The van der Waals surface area contributed by atoms with E-state index in [1.54, 1.807) is 0 Å². The normalized spacial score (nSPS) is 12.1. The smallest absolute Gasteiger partial charge is 0.407 e. The summed E-state index contributed by atoms with van der Waals surface area (Å²) in [4.78, 5) is 11.2. The summed E-state index contributed by atoms with van der Waals surface area (Å²) >= 11 is 6.33. The van der Waals surface area contributed by atoms with Crippen LogP contribution in [0, 0.1) is 0 Å². The summed E-state index contributed by atoms with van der Waals surface area (Å²) in [6.07, 6.45) is -0.457. The highest BCUT2D eigenvalue weighted by Crippen LogP contribution is 2.34. The summed E-state index contributed by atoms with van der Waals surface area (Å²) < 4.78 is 10.7. The molecule has 1 N–H and O–H groups in total. The summed E-state index contributed by atoms with van der Waals surface area (Å²) in [7, 11) is 1.70. The van der Waals surface area contributed by atoms with Crippen LogP contribution < -0.4 is 5.32 Å². The predicted molar refractivity (Wildman–Crippen MR) is 90.3 cm³/mol. The molecule has 0 spiro atoms. The molecule has 1 rings (SSSR count). The van der Waals surface area contributed by atoms with Crippen LogP contribution in [-0.4, -0.2) is 23.0 Å². The zero-order chi connectivity index (χ0) is 17.0. The van der Waals surface area contributed by atoms with Crippen LogP contribution in [0.1, 0.15) is 45.7 Å². The van der Waals surface area contributed by atoms with Gasteiger partial charge in [-0.1, -0.05) is 38.4 Å². The standard InChI is InChI=1S/C16H24ClNO3Si/c1-15(2,3)22-21-16(4,5)12-9-11(7-8-13(12)17)10-18-14(19)20-6/h7-9H,10H2,1-6H3,(H,18,19). The largest absolute Gasteiger partial charge is 0.453 e. The van der Waals surface area contributed by atoms with E-state index in [4.69, 9.17) is 16.0 Å². The van der Waals surface area contributed by atoms with Crippen molar-refractivity contribution >= 4 is 27.5 Å². The molecule has 0 unspecified atom stereocenters. The molecule has 2 radical (unpaired) electrons. The van der Waals surface area contributed by atoms with Gasteiger partial charge in [-0.25, -0.2) is 4.79 Å². The molecule has 0 saturated heterocycles. The first-order valence-electron chi connectivity index (χ1n) is 7.11. The van der Waals surface area contributed by atoms with Crippen molar-refractivity contribution in [2.24, 2.45) is 0 Å². The summed E-state index contributed by atoms with van der Waals surface area (Å²) in [6, 6.07) is 5.67. The molecule has 0 atom stereocenters. The molecule has 6 heteroatoms. The lowest BCUT2D eigenvalue weighted by atomic mass is 9.96. The Morgan fingerprint density at radius 3 is 2.45 bits per heavy atom. The van der Waals surface area contributed by atoms with Crippen LogP contribution in [0.5, 0.6) is 0 Å². The molecule has 0 aliphatic rings. The third-order valence-electron chi connectivity index (χ3n) is 2.91. The van der Waals surface area contributed by atoms with Gasteiger partial charge >= 0.3 is 6.09 Å². The molecule has 0 aliphatic heterocycles. The van der Waals surface area contributed by atoms with Crippen molar-refractivity contribution in [3.63, 3.8) is 0 Å². The minimum Gasteiger partial charge on any atom is -0.453 e. The summed E-state index contributed by atoms with van der Waals surface area (Å²) in [5.74, 6) is 0. The molecule has 0 aromatic heterocycles. The Labute approximate surface area is 140 Å². The van der Waals surface area contributed by atoms with Crippen LogP contribution in [-0.2, 0) is 21.3 Å². The average molecular weight is 342 g/mol. The number of alkyl carbamates (subject to hydrolysis) is 1. The van der Waals surface area contributed by atoms with Gasteiger partial charge in [-0.3, -0.25) is 0 Å². The Hall–Kier alpha value is -1.04. The first-order valence-corrected chi connectivity index (χ1v) is 8.40. The van der Waals surface area contributed by atoms with Crippen LogP contribution in [0.15, 0.2) is 18.2 Å². The third-order valence-corrected chi connectivity index (χ3v) is 4.47. The predicted octanol–water partition coefficient (Wildman–Crippen LogP) is 4.29. The Bertz CT molecular complexity index is 527. The van der Waals surface area contributed by atoms with Crippen LogP contribution in [0.4, 0.5) is 4.79 Å². The first-order chi connectivity index (χ1) is 10.0. The Balaban J connectivity index is 2.90. The lowest BCUT2D eigenvalue weighted by Crippen LogP contribution is -2.28. The van der Waals surface area contributed by atoms with Crippen molar-refractivity contribution in [2.45, 2.75) is 51.8 Å². The fraction of sp³-hybridized carbons (Fsp3) is 0.562. The Morgan fingerprint density at radius 1 is 1.27 bits per heavy atom. The minimum atomic E-state index is -0.496. The van der Waals surface area contributed by atoms with Crippen molar-refractivity contribution in [3.05, 3.63) is 34.3 Å². The van der Waals surface area contributed by atoms with Crippen LogP contribution >= 0.6 is 11.6 Å². The summed E-state index contributed by atoms with van der Waals surface area (Å²) in [5.41, 5.74) is 1.36. The van der Waals surface area contributed by atoms with Gasteiger partial charge in [-0.2, -0.15) is 0 Å². The van der Waals surface area contributed by atoms with E-state index in [2.05, 4.69) is 30.8 Å². The molecule has 1 aromatic carbocycles. The number of amides is 1. The van der Waals surface area contributed by atoms with E-state index in [1.165, 1.54) is 7.11 Å². The maximum Gasteiger partial charge on any atom is 0.407 e. The third kappa shape index (κ3) is 5.99. The van der Waals surface area contributed by atoms with E-state index in [9.17, 15) is 4.79 Å². The maximum atomic E-state index is 11.2. The van der Waals surface area contributed by atoms with Gasteiger partial charge in [-0.15, -0.1) is 0 Å². The van der Waals surface area contributed by atoms with Crippen LogP contribution in [0.25, 0.3) is 0 Å². The summed E-state index contributed by atoms with van der Waals surface area (Å²) in [6.45, 7) is 10.8. The number of carbonyl (C=O) groups excluding carboxylic acids is 1. The Morgan fingerprint density at radius 2 is 1.91 bits per heavy atom. The molecule has 0 heterocycles. The molecular formula is C16H24ClNO3Si. The molecule has 0 saturated carbocycles. The molecule has 0 aliphatic carbocycles. The second-order valence-corrected chi connectivity index (χ2v) is 8.94. The van der Waals surface area contributed by atoms with Gasteiger partial charge in [0.1, 0.15) is 0 Å². The van der Waals surface area contributed by atoms with Gasteiger partial charge < -0.3 is 14.5 Å². The molecule has 4 nitrogen and oxygen atoms in total. The van der Waals surface area contributed by atoms with Crippen molar-refractivity contribution in [2.75, 3.05) is 7.11 Å². The molecule has 122 valence electrons. The van der Waals surface area contributed by atoms with Crippen molar-refractivity contribution in [3.8, 4) is 0 Å². The lowest BCUT2D eigenvalue weighted by Gasteiger charge is -2.30. The zero-order valence-electron chi connectivity index (χ0n) is 14.0. The maximum absolute atomic E-state index is 11.2. The minimum absolute atomic E-state index is 0.105. The zero-order valence-corrected chi connectivity index (χ0v) is 15.8. The van der Waals surface area contributed by atoms with Gasteiger partial charge in [0.25, 0.3) is 0 Å². The lowest BCUT2D eigenvalue weighted by molar-refractivity contribution is 0.109. The van der Waals surface area contributed by atoms with Gasteiger partial charge in [0.2, 0.25) is 9.76 Å². The molecule has 0 bridgehead atoms. The van der Waals surface area contributed by atoms with Crippen LogP contribution in [0.3, 0.4) is 0 Å². The number of hydrogen-bond acceptors (Lipinski definition) is 3.